The zero-order valence-corrected chi connectivity index (χ0v) is 10.2. The molecule has 16 heavy (non-hydrogen) atoms. The van der Waals surface area contributed by atoms with Crippen molar-refractivity contribution < 1.29 is 13.2 Å². The van der Waals surface area contributed by atoms with Crippen LogP contribution in [-0.4, -0.2) is 31.9 Å². The van der Waals surface area contributed by atoms with E-state index in [9.17, 15) is 13.2 Å². The summed E-state index contributed by atoms with van der Waals surface area (Å²) in [4.78, 5) is 11.7. The van der Waals surface area contributed by atoms with Crippen LogP contribution < -0.4 is 5.32 Å². The number of sulfone groups is 1. The SMILES string of the molecule is C#CCC(CC)NC(=O)C1CCS(=O)(=O)C1. The van der Waals surface area contributed by atoms with E-state index in [1.54, 1.807) is 0 Å². The van der Waals surface area contributed by atoms with Crippen molar-refractivity contribution in [2.24, 2.45) is 5.92 Å². The quantitative estimate of drug-likeness (QED) is 0.724. The van der Waals surface area contributed by atoms with Crippen molar-refractivity contribution in [3.8, 4) is 12.3 Å². The smallest absolute Gasteiger partial charge is 0.224 e. The predicted molar refractivity (Wildman–Crippen MR) is 62.4 cm³/mol. The van der Waals surface area contributed by atoms with Gasteiger partial charge in [0.05, 0.1) is 17.4 Å². The van der Waals surface area contributed by atoms with E-state index in [0.717, 1.165) is 6.42 Å². The van der Waals surface area contributed by atoms with E-state index in [1.807, 2.05) is 6.92 Å². The summed E-state index contributed by atoms with van der Waals surface area (Å²) in [6, 6.07) is -0.0409. The first-order chi connectivity index (χ1) is 7.48. The number of terminal acetylenes is 1. The number of nitrogens with one attached hydrogen (secondary N) is 1. The molecule has 0 aromatic rings. The molecule has 0 saturated carbocycles. The Morgan fingerprint density at radius 2 is 2.31 bits per heavy atom. The van der Waals surface area contributed by atoms with Gasteiger partial charge in [-0.1, -0.05) is 6.92 Å². The van der Waals surface area contributed by atoms with Crippen LogP contribution in [0.3, 0.4) is 0 Å². The Morgan fingerprint density at radius 1 is 1.62 bits per heavy atom. The van der Waals surface area contributed by atoms with Crippen LogP contribution in [0.15, 0.2) is 0 Å². The van der Waals surface area contributed by atoms with E-state index in [4.69, 9.17) is 6.42 Å². The van der Waals surface area contributed by atoms with Gasteiger partial charge < -0.3 is 5.32 Å². The Labute approximate surface area is 96.7 Å². The molecule has 0 aromatic carbocycles. The van der Waals surface area contributed by atoms with E-state index in [0.29, 0.717) is 12.8 Å². The van der Waals surface area contributed by atoms with Gasteiger partial charge in [-0.05, 0) is 12.8 Å². The van der Waals surface area contributed by atoms with Gasteiger partial charge in [-0.25, -0.2) is 8.42 Å². The molecule has 1 heterocycles. The predicted octanol–water partition coefficient (Wildman–Crippen LogP) is 0.339. The van der Waals surface area contributed by atoms with E-state index >= 15 is 0 Å². The first-order valence-electron chi connectivity index (χ1n) is 5.42. The molecule has 4 nitrogen and oxygen atoms in total. The lowest BCUT2D eigenvalue weighted by atomic mass is 10.1. The van der Waals surface area contributed by atoms with Crippen LogP contribution in [0.4, 0.5) is 0 Å². The lowest BCUT2D eigenvalue weighted by molar-refractivity contribution is -0.124. The largest absolute Gasteiger partial charge is 0.352 e. The first-order valence-corrected chi connectivity index (χ1v) is 7.25. The highest BCUT2D eigenvalue weighted by Gasteiger charge is 2.33. The second-order valence-electron chi connectivity index (χ2n) is 4.12. The summed E-state index contributed by atoms with van der Waals surface area (Å²) in [6.07, 6.45) is 6.86. The highest BCUT2D eigenvalue weighted by atomic mass is 32.2. The summed E-state index contributed by atoms with van der Waals surface area (Å²) in [6.45, 7) is 1.94. The molecule has 0 radical (unpaired) electrons. The third-order valence-electron chi connectivity index (χ3n) is 2.81. The van der Waals surface area contributed by atoms with Crippen molar-refractivity contribution in [2.45, 2.75) is 32.2 Å². The summed E-state index contributed by atoms with van der Waals surface area (Å²) < 4.78 is 22.4. The molecule has 2 atom stereocenters. The minimum atomic E-state index is -3.00. The summed E-state index contributed by atoms with van der Waals surface area (Å²) in [7, 11) is -3.00. The molecule has 0 bridgehead atoms. The number of hydrogen-bond donors (Lipinski definition) is 1. The molecule has 0 aromatic heterocycles. The van der Waals surface area contributed by atoms with Gasteiger partial charge in [0, 0.05) is 12.5 Å². The van der Waals surface area contributed by atoms with Gasteiger partial charge >= 0.3 is 0 Å². The molecule has 90 valence electrons. The third-order valence-corrected chi connectivity index (χ3v) is 4.57. The van der Waals surface area contributed by atoms with Crippen LogP contribution in [0, 0.1) is 18.3 Å². The van der Waals surface area contributed by atoms with Crippen LogP contribution in [0.5, 0.6) is 0 Å². The minimum Gasteiger partial charge on any atom is -0.352 e. The average molecular weight is 243 g/mol. The van der Waals surface area contributed by atoms with E-state index in [2.05, 4.69) is 11.2 Å². The molecular weight excluding hydrogens is 226 g/mol. The van der Waals surface area contributed by atoms with E-state index in [1.165, 1.54) is 0 Å². The van der Waals surface area contributed by atoms with Crippen molar-refractivity contribution in [2.75, 3.05) is 11.5 Å². The van der Waals surface area contributed by atoms with Gasteiger partial charge in [-0.2, -0.15) is 0 Å². The van der Waals surface area contributed by atoms with Crippen molar-refractivity contribution in [3.05, 3.63) is 0 Å². The van der Waals surface area contributed by atoms with Crippen LogP contribution in [0.2, 0.25) is 0 Å². The molecular formula is C11H17NO3S. The van der Waals surface area contributed by atoms with Crippen molar-refractivity contribution in [3.63, 3.8) is 0 Å². The van der Waals surface area contributed by atoms with Gasteiger partial charge in [-0.15, -0.1) is 12.3 Å². The Balaban J connectivity index is 2.50. The Bertz CT molecular complexity index is 394. The fourth-order valence-electron chi connectivity index (χ4n) is 1.76. The molecule has 1 aliphatic heterocycles. The Hall–Kier alpha value is -1.02. The van der Waals surface area contributed by atoms with E-state index < -0.39 is 15.8 Å². The molecule has 0 spiro atoms. The maximum atomic E-state index is 11.7. The molecule has 0 aliphatic carbocycles. The zero-order valence-electron chi connectivity index (χ0n) is 9.40. The monoisotopic (exact) mass is 243 g/mol. The fraction of sp³-hybridized carbons (Fsp3) is 0.727. The normalized spacial score (nSPS) is 24.6. The third kappa shape index (κ3) is 3.53. The average Bonchev–Trinajstić information content (AvgIpc) is 2.58. The summed E-state index contributed by atoms with van der Waals surface area (Å²) in [5.41, 5.74) is 0. The number of rotatable bonds is 4. The molecule has 1 fully saturated rings. The summed E-state index contributed by atoms with van der Waals surface area (Å²) in [5, 5.41) is 2.80. The van der Waals surface area contributed by atoms with Gasteiger partial charge in [0.15, 0.2) is 9.84 Å². The van der Waals surface area contributed by atoms with Gasteiger partial charge in [-0.3, -0.25) is 4.79 Å². The number of hydrogen-bond acceptors (Lipinski definition) is 3. The maximum absolute atomic E-state index is 11.7. The molecule has 1 saturated heterocycles. The standard InChI is InChI=1S/C11H17NO3S/c1-3-5-10(4-2)12-11(13)9-6-7-16(14,15)8-9/h1,9-10H,4-8H2,2H3,(H,12,13). The second kappa shape index (κ2) is 5.35. The molecule has 1 aliphatic rings. The molecule has 1 amide bonds. The lowest BCUT2D eigenvalue weighted by Crippen LogP contribution is -2.38. The van der Waals surface area contributed by atoms with Gasteiger partial charge in [0.25, 0.3) is 0 Å². The molecule has 1 rings (SSSR count). The first kappa shape index (κ1) is 13.0. The minimum absolute atomic E-state index is 0.0225. The van der Waals surface area contributed by atoms with Crippen molar-refractivity contribution >= 4 is 15.7 Å². The van der Waals surface area contributed by atoms with Gasteiger partial charge in [0.1, 0.15) is 0 Å². The summed E-state index contributed by atoms with van der Waals surface area (Å²) in [5.74, 6) is 2.03. The van der Waals surface area contributed by atoms with Gasteiger partial charge in [0.2, 0.25) is 5.91 Å². The van der Waals surface area contributed by atoms with Crippen molar-refractivity contribution in [1.29, 1.82) is 0 Å². The Morgan fingerprint density at radius 3 is 2.75 bits per heavy atom. The van der Waals surface area contributed by atoms with E-state index in [-0.39, 0.29) is 23.5 Å². The maximum Gasteiger partial charge on any atom is 0.224 e. The number of carbonyl (C=O) groups is 1. The van der Waals surface area contributed by atoms with Crippen molar-refractivity contribution in [1.82, 2.24) is 5.32 Å². The lowest BCUT2D eigenvalue weighted by Gasteiger charge is -2.16. The molecule has 2 unspecified atom stereocenters. The summed E-state index contributed by atoms with van der Waals surface area (Å²) >= 11 is 0. The zero-order chi connectivity index (χ0) is 12.2. The van der Waals surface area contributed by atoms with Crippen LogP contribution >= 0.6 is 0 Å². The van der Waals surface area contributed by atoms with Crippen LogP contribution in [0.25, 0.3) is 0 Å². The van der Waals surface area contributed by atoms with Crippen LogP contribution in [-0.2, 0) is 14.6 Å². The number of amides is 1. The van der Waals surface area contributed by atoms with Crippen LogP contribution in [0.1, 0.15) is 26.2 Å². The highest BCUT2D eigenvalue weighted by Crippen LogP contribution is 2.18. The molecule has 5 heteroatoms. The second-order valence-corrected chi connectivity index (χ2v) is 6.35. The Kier molecular flexibility index (Phi) is 4.36. The number of carbonyl (C=O) groups excluding carboxylic acids is 1. The topological polar surface area (TPSA) is 63.2 Å². The molecule has 1 N–H and O–H groups in total. The fourth-order valence-corrected chi connectivity index (χ4v) is 3.50. The highest BCUT2D eigenvalue weighted by molar-refractivity contribution is 7.91.